The second kappa shape index (κ2) is 8.39. The minimum atomic E-state index is -0.409. The van der Waals surface area contributed by atoms with Gasteiger partial charge in [0.2, 0.25) is 5.91 Å². The Morgan fingerprint density at radius 2 is 1.80 bits per heavy atom. The van der Waals surface area contributed by atoms with E-state index in [1.807, 2.05) is 66.2 Å². The third kappa shape index (κ3) is 4.00. The summed E-state index contributed by atoms with van der Waals surface area (Å²) in [5.41, 5.74) is 2.85. The van der Waals surface area contributed by atoms with Gasteiger partial charge >= 0.3 is 0 Å². The van der Waals surface area contributed by atoms with Crippen LogP contribution in [0.25, 0.3) is 11.8 Å². The Morgan fingerprint density at radius 3 is 2.47 bits per heavy atom. The molecule has 8 heteroatoms. The summed E-state index contributed by atoms with van der Waals surface area (Å²) in [6, 6.07) is 11.9. The molecule has 1 aromatic heterocycles. The Labute approximate surface area is 179 Å². The van der Waals surface area contributed by atoms with Crippen molar-refractivity contribution in [3.05, 3.63) is 53.2 Å². The fraction of sp³-hybridized carbons (Fsp3) is 0.318. The van der Waals surface area contributed by atoms with Crippen LogP contribution in [0.15, 0.2) is 47.5 Å². The zero-order chi connectivity index (χ0) is 21.3. The highest BCUT2D eigenvalue weighted by Gasteiger charge is 2.37. The van der Waals surface area contributed by atoms with Crippen molar-refractivity contribution < 1.29 is 14.4 Å². The molecule has 7 nitrogen and oxygen atoms in total. The first kappa shape index (κ1) is 20.3. The third-order valence-corrected chi connectivity index (χ3v) is 6.24. The van der Waals surface area contributed by atoms with Crippen molar-refractivity contribution in [2.75, 3.05) is 38.6 Å². The van der Waals surface area contributed by atoms with E-state index >= 15 is 0 Å². The minimum absolute atomic E-state index is 0.166. The Morgan fingerprint density at radius 1 is 1.10 bits per heavy atom. The predicted octanol–water partition coefficient (Wildman–Crippen LogP) is 3.20. The summed E-state index contributed by atoms with van der Waals surface area (Å²) in [5, 5.41) is -0.396. The van der Waals surface area contributed by atoms with E-state index in [1.54, 1.807) is 11.0 Å². The maximum Gasteiger partial charge on any atom is 0.294 e. The first-order valence-corrected chi connectivity index (χ1v) is 10.7. The van der Waals surface area contributed by atoms with Gasteiger partial charge in [-0.3, -0.25) is 19.3 Å². The highest BCUT2D eigenvalue weighted by Crippen LogP contribution is 2.33. The maximum atomic E-state index is 12.8. The molecule has 0 atom stereocenters. The Bertz CT molecular complexity index is 1000. The summed E-state index contributed by atoms with van der Waals surface area (Å²) < 4.78 is 1.96. The molecule has 2 aliphatic heterocycles. The maximum absolute atomic E-state index is 12.8. The number of carbonyl (C=O) groups is 3. The fourth-order valence-electron chi connectivity index (χ4n) is 3.63. The number of anilines is 1. The van der Waals surface area contributed by atoms with Gasteiger partial charge in [-0.2, -0.15) is 0 Å². The van der Waals surface area contributed by atoms with Gasteiger partial charge in [0, 0.05) is 50.5 Å². The minimum Gasteiger partial charge on any atom is -0.378 e. The number of amides is 3. The molecule has 4 rings (SSSR count). The number of aromatic nitrogens is 1. The van der Waals surface area contributed by atoms with Crippen LogP contribution in [0.1, 0.15) is 18.5 Å². The molecule has 156 valence electrons. The quantitative estimate of drug-likeness (QED) is 0.690. The number of nitrogens with zero attached hydrogens (tertiary/aromatic N) is 4. The number of thioether (sulfide) groups is 1. The van der Waals surface area contributed by atoms with Crippen molar-refractivity contribution in [1.82, 2.24) is 14.4 Å². The lowest BCUT2D eigenvalue weighted by Crippen LogP contribution is -2.40. The Hall–Kier alpha value is -3.00. The lowest BCUT2D eigenvalue weighted by Gasteiger charge is -2.18. The van der Waals surface area contributed by atoms with Crippen molar-refractivity contribution in [1.29, 1.82) is 0 Å². The van der Waals surface area contributed by atoms with Gasteiger partial charge in [-0.25, -0.2) is 0 Å². The number of carbonyl (C=O) groups excluding carboxylic acids is 3. The van der Waals surface area contributed by atoms with Crippen LogP contribution < -0.4 is 4.90 Å². The van der Waals surface area contributed by atoms with Crippen LogP contribution in [0.3, 0.4) is 0 Å². The number of benzene rings is 1. The highest BCUT2D eigenvalue weighted by atomic mass is 32.2. The van der Waals surface area contributed by atoms with Gasteiger partial charge < -0.3 is 14.4 Å². The summed E-state index contributed by atoms with van der Waals surface area (Å²) in [5.74, 6) is -0.575. The summed E-state index contributed by atoms with van der Waals surface area (Å²) in [7, 11) is 3.97. The zero-order valence-electron chi connectivity index (χ0n) is 17.1. The van der Waals surface area contributed by atoms with Gasteiger partial charge in [0.15, 0.2) is 0 Å². The van der Waals surface area contributed by atoms with Crippen molar-refractivity contribution in [3.8, 4) is 5.69 Å². The van der Waals surface area contributed by atoms with Crippen molar-refractivity contribution in [3.63, 3.8) is 0 Å². The number of rotatable bonds is 5. The molecule has 3 amide bonds. The van der Waals surface area contributed by atoms with Gasteiger partial charge in [0.25, 0.3) is 11.1 Å². The van der Waals surface area contributed by atoms with Crippen molar-refractivity contribution >= 4 is 40.6 Å². The molecule has 1 aromatic carbocycles. The van der Waals surface area contributed by atoms with Crippen LogP contribution in [0.2, 0.25) is 0 Å². The van der Waals surface area contributed by atoms with E-state index in [-0.39, 0.29) is 12.5 Å². The first-order chi connectivity index (χ1) is 14.4. The van der Waals surface area contributed by atoms with Crippen LogP contribution in [-0.4, -0.2) is 65.2 Å². The molecule has 0 saturated carbocycles. The van der Waals surface area contributed by atoms with Gasteiger partial charge in [-0.05, 0) is 67.1 Å². The molecule has 30 heavy (non-hydrogen) atoms. The fourth-order valence-corrected chi connectivity index (χ4v) is 4.45. The SMILES string of the molecule is CN(C)c1ccc(-n2cccc2/C=C2/SC(=O)N(CC(=O)N3CCCC3)C2=O)cc1. The van der Waals surface area contributed by atoms with Gasteiger partial charge in [-0.1, -0.05) is 0 Å². The molecule has 2 fully saturated rings. The lowest BCUT2D eigenvalue weighted by atomic mass is 10.2. The third-order valence-electron chi connectivity index (χ3n) is 5.33. The number of hydrogen-bond acceptors (Lipinski definition) is 5. The first-order valence-electron chi connectivity index (χ1n) is 9.92. The number of imide groups is 1. The molecule has 2 saturated heterocycles. The number of hydrogen-bond donors (Lipinski definition) is 0. The summed E-state index contributed by atoms with van der Waals surface area (Å²) in [6.45, 7) is 1.21. The molecule has 0 spiro atoms. The molecule has 3 heterocycles. The van der Waals surface area contributed by atoms with Crippen molar-refractivity contribution in [2.24, 2.45) is 0 Å². The molecule has 0 unspecified atom stereocenters. The van der Waals surface area contributed by atoms with Crippen LogP contribution >= 0.6 is 11.8 Å². The van der Waals surface area contributed by atoms with E-state index in [4.69, 9.17) is 0 Å². The predicted molar refractivity (Wildman–Crippen MR) is 119 cm³/mol. The van der Waals surface area contributed by atoms with E-state index in [0.717, 1.165) is 46.6 Å². The standard InChI is InChI=1S/C22H24N4O3S/c1-23(2)16-7-9-17(10-8-16)25-13-5-6-18(25)14-19-21(28)26(22(29)30-19)15-20(27)24-11-3-4-12-24/h5-10,13-14H,3-4,11-12,15H2,1-2H3/b19-14+. The largest absolute Gasteiger partial charge is 0.378 e. The second-order valence-electron chi connectivity index (χ2n) is 7.57. The molecular weight excluding hydrogens is 400 g/mol. The smallest absolute Gasteiger partial charge is 0.294 e. The van der Waals surface area contributed by atoms with E-state index in [0.29, 0.717) is 18.0 Å². The van der Waals surface area contributed by atoms with Crippen LogP contribution in [0, 0.1) is 0 Å². The summed E-state index contributed by atoms with van der Waals surface area (Å²) >= 11 is 0.883. The molecule has 0 radical (unpaired) electrons. The highest BCUT2D eigenvalue weighted by molar-refractivity contribution is 8.18. The molecule has 2 aliphatic rings. The van der Waals surface area contributed by atoms with Gasteiger partial charge in [0.1, 0.15) is 6.54 Å². The lowest BCUT2D eigenvalue weighted by molar-refractivity contribution is -0.135. The second-order valence-corrected chi connectivity index (χ2v) is 8.56. The van der Waals surface area contributed by atoms with Gasteiger partial charge in [0.05, 0.1) is 4.91 Å². The summed E-state index contributed by atoms with van der Waals surface area (Å²) in [6.07, 6.45) is 5.57. The Balaban J connectivity index is 1.53. The van der Waals surface area contributed by atoms with Crippen LogP contribution in [0.4, 0.5) is 10.5 Å². The Kier molecular flexibility index (Phi) is 5.67. The zero-order valence-corrected chi connectivity index (χ0v) is 17.9. The monoisotopic (exact) mass is 424 g/mol. The van der Waals surface area contributed by atoms with E-state index in [1.165, 1.54) is 0 Å². The summed E-state index contributed by atoms with van der Waals surface area (Å²) in [4.78, 5) is 42.7. The normalized spacial score (nSPS) is 18.0. The van der Waals surface area contributed by atoms with Gasteiger partial charge in [-0.15, -0.1) is 0 Å². The molecule has 2 aromatic rings. The average molecular weight is 425 g/mol. The average Bonchev–Trinajstić information content (AvgIpc) is 3.47. The number of likely N-dealkylation sites (tertiary alicyclic amines) is 1. The van der Waals surface area contributed by atoms with E-state index in [2.05, 4.69) is 0 Å². The molecular formula is C22H24N4O3S. The van der Waals surface area contributed by atoms with Crippen LogP contribution in [0.5, 0.6) is 0 Å². The van der Waals surface area contributed by atoms with E-state index < -0.39 is 11.1 Å². The molecule has 0 bridgehead atoms. The van der Waals surface area contributed by atoms with Crippen molar-refractivity contribution in [2.45, 2.75) is 12.8 Å². The van der Waals surface area contributed by atoms with Crippen LogP contribution in [-0.2, 0) is 9.59 Å². The molecule has 0 N–H and O–H groups in total. The molecule has 0 aliphatic carbocycles. The topological polar surface area (TPSA) is 65.9 Å². The van der Waals surface area contributed by atoms with E-state index in [9.17, 15) is 14.4 Å².